The van der Waals surface area contributed by atoms with Crippen LogP contribution in [0.15, 0.2) is 71.5 Å². The Morgan fingerprint density at radius 3 is 2.64 bits per heavy atom. The number of furan rings is 1. The Labute approximate surface area is 329 Å². The number of carboxylic acids is 1. The number of para-hydroxylation sites is 1. The predicted molar refractivity (Wildman–Crippen MR) is 211 cm³/mol. The Hall–Kier alpha value is -5.02. The molecule has 15 heteroatoms. The molecule has 0 aliphatic carbocycles. The number of hydrogen-bond acceptors (Lipinski definition) is 11. The number of piperazine rings is 1. The van der Waals surface area contributed by atoms with Crippen LogP contribution >= 0.6 is 22.9 Å². The summed E-state index contributed by atoms with van der Waals surface area (Å²) in [5.41, 5.74) is 2.94. The number of aliphatic carboxylic acids is 1. The number of halogens is 2. The molecular formula is C40H44ClFN6O6S. The first-order valence-electron chi connectivity index (χ1n) is 18.1. The normalized spacial score (nSPS) is 15.0. The molecule has 1 aliphatic heterocycles. The van der Waals surface area contributed by atoms with Crippen molar-refractivity contribution >= 4 is 39.1 Å². The maximum Gasteiger partial charge on any atom is 0.345 e. The van der Waals surface area contributed by atoms with Crippen LogP contribution in [0.2, 0.25) is 5.02 Å². The van der Waals surface area contributed by atoms with Crippen molar-refractivity contribution in [2.24, 2.45) is 0 Å². The molecule has 0 saturated carbocycles. The molecule has 0 amide bonds. The van der Waals surface area contributed by atoms with Gasteiger partial charge in [-0.15, -0.1) is 11.3 Å². The lowest BCUT2D eigenvalue weighted by molar-refractivity contribution is -0.145. The Kier molecular flexibility index (Phi) is 12.3. The van der Waals surface area contributed by atoms with Crippen LogP contribution in [0.3, 0.4) is 0 Å². The number of thiophene rings is 1. The fourth-order valence-electron chi connectivity index (χ4n) is 6.37. The van der Waals surface area contributed by atoms with Crippen molar-refractivity contribution in [2.75, 3.05) is 46.4 Å². The highest BCUT2D eigenvalue weighted by Crippen LogP contribution is 2.49. The van der Waals surface area contributed by atoms with E-state index in [1.165, 1.54) is 29.8 Å². The molecule has 1 saturated heterocycles. The first-order valence-corrected chi connectivity index (χ1v) is 18.7. The molecule has 7 rings (SSSR count). The molecule has 0 radical (unpaired) electrons. The van der Waals surface area contributed by atoms with Gasteiger partial charge in [0.25, 0.3) is 6.01 Å². The maximum atomic E-state index is 14.3. The molecule has 0 unspecified atom stereocenters. The molecule has 5 heterocycles. The Bertz CT molecular complexity index is 2290. The lowest BCUT2D eigenvalue weighted by Crippen LogP contribution is -2.45. The van der Waals surface area contributed by atoms with Crippen LogP contribution in [0.1, 0.15) is 32.5 Å². The smallest absolute Gasteiger partial charge is 0.345 e. The van der Waals surface area contributed by atoms with Gasteiger partial charge in [0.2, 0.25) is 12.0 Å². The second-order valence-corrected chi connectivity index (χ2v) is 14.2. The highest BCUT2D eigenvalue weighted by Gasteiger charge is 2.29. The molecule has 1 fully saturated rings. The molecule has 1 aliphatic rings. The summed E-state index contributed by atoms with van der Waals surface area (Å²) in [4.78, 5) is 27.3. The Morgan fingerprint density at radius 2 is 1.89 bits per heavy atom. The summed E-state index contributed by atoms with van der Waals surface area (Å²) >= 11 is 8.17. The molecule has 2 atom stereocenters. The van der Waals surface area contributed by atoms with Crippen molar-refractivity contribution < 1.29 is 34.3 Å². The van der Waals surface area contributed by atoms with Gasteiger partial charge in [-0.25, -0.2) is 14.8 Å². The largest absolute Gasteiger partial charge is 0.491 e. The van der Waals surface area contributed by atoms with Gasteiger partial charge in [-0.2, -0.15) is 9.49 Å². The summed E-state index contributed by atoms with van der Waals surface area (Å²) in [6.07, 6.45) is -0.220. The molecular weight excluding hydrogens is 747 g/mol. The fourth-order valence-corrected chi connectivity index (χ4v) is 7.70. The monoisotopic (exact) mass is 791 g/mol. The highest BCUT2D eigenvalue weighted by atomic mass is 35.5. The van der Waals surface area contributed by atoms with Gasteiger partial charge in [-0.05, 0) is 61.9 Å². The Balaban J connectivity index is 0.00000532. The van der Waals surface area contributed by atoms with E-state index in [1.807, 2.05) is 26.0 Å². The van der Waals surface area contributed by atoms with Crippen LogP contribution in [-0.2, 0) is 24.3 Å². The van der Waals surface area contributed by atoms with Crippen molar-refractivity contribution in [3.05, 3.63) is 95.0 Å². The number of carboxylic acid groups (broad SMARTS) is 1. The van der Waals surface area contributed by atoms with Gasteiger partial charge in [0.15, 0.2) is 0 Å². The third-order valence-electron chi connectivity index (χ3n) is 9.34. The van der Waals surface area contributed by atoms with Gasteiger partial charge in [0, 0.05) is 64.9 Å². The number of ether oxygens (including phenoxy) is 3. The number of likely N-dealkylation sites (N-methyl/N-ethyl adjacent to an activating group) is 1. The van der Waals surface area contributed by atoms with Gasteiger partial charge in [0.05, 0.1) is 21.0 Å². The molecule has 2 aromatic carbocycles. The van der Waals surface area contributed by atoms with Crippen LogP contribution in [0, 0.1) is 12.9 Å². The molecule has 0 bridgehead atoms. The van der Waals surface area contributed by atoms with Gasteiger partial charge in [0.1, 0.15) is 41.6 Å². The summed E-state index contributed by atoms with van der Waals surface area (Å²) in [7, 11) is 2.11. The zero-order chi connectivity index (χ0) is 38.6. The molecule has 6 aromatic rings. The average Bonchev–Trinajstić information content (AvgIpc) is 3.94. The molecule has 4 aromatic heterocycles. The predicted octanol–water partition coefficient (Wildman–Crippen LogP) is 7.85. The summed E-state index contributed by atoms with van der Waals surface area (Å²) in [5.74, 6) is -0.380. The van der Waals surface area contributed by atoms with Crippen LogP contribution in [-0.4, -0.2) is 93.1 Å². The minimum absolute atomic E-state index is 0. The lowest BCUT2D eigenvalue weighted by atomic mass is 9.97. The topological polar surface area (TPSA) is 128 Å². The second-order valence-electron chi connectivity index (χ2n) is 12.8. The maximum absolute atomic E-state index is 14.3. The van der Waals surface area contributed by atoms with E-state index in [-0.39, 0.29) is 25.7 Å². The minimum Gasteiger partial charge on any atom is -0.491 e. The fraction of sp³-hybridized carbons (Fsp3) is 0.350. The third-order valence-corrected chi connectivity index (χ3v) is 10.9. The lowest BCUT2D eigenvalue weighted by Gasteiger charge is -2.32. The summed E-state index contributed by atoms with van der Waals surface area (Å²) in [5, 5.41) is 15.5. The van der Waals surface area contributed by atoms with Crippen molar-refractivity contribution in [2.45, 2.75) is 46.9 Å². The second kappa shape index (κ2) is 17.6. The van der Waals surface area contributed by atoms with Crippen LogP contribution in [0.4, 0.5) is 4.39 Å². The zero-order valence-corrected chi connectivity index (χ0v) is 31.6. The molecule has 12 nitrogen and oxygen atoms in total. The van der Waals surface area contributed by atoms with Gasteiger partial charge in [-0.3, -0.25) is 9.58 Å². The third kappa shape index (κ3) is 8.78. The van der Waals surface area contributed by atoms with E-state index in [1.54, 1.807) is 41.2 Å². The van der Waals surface area contributed by atoms with Crippen molar-refractivity contribution in [1.29, 1.82) is 0 Å². The van der Waals surface area contributed by atoms with Gasteiger partial charge < -0.3 is 28.6 Å². The van der Waals surface area contributed by atoms with E-state index in [4.69, 9.17) is 31.6 Å². The summed E-state index contributed by atoms with van der Waals surface area (Å²) in [6.45, 7) is 9.78. The number of rotatable bonds is 15. The van der Waals surface area contributed by atoms with Gasteiger partial charge in [-0.1, -0.05) is 43.3 Å². The van der Waals surface area contributed by atoms with Crippen molar-refractivity contribution in [3.8, 4) is 39.1 Å². The first-order chi connectivity index (χ1) is 26.6. The first kappa shape index (κ1) is 38.3. The number of aromatic nitrogens is 4. The molecule has 0 spiro atoms. The number of benzene rings is 2. The average molecular weight is 792 g/mol. The number of nitrogens with zero attached hydrogens (tertiary/aromatic N) is 6. The van der Waals surface area contributed by atoms with E-state index >= 15 is 0 Å². The Morgan fingerprint density at radius 1 is 1.09 bits per heavy atom. The quantitative estimate of drug-likeness (QED) is 0.109. The highest BCUT2D eigenvalue weighted by molar-refractivity contribution is 7.22. The van der Waals surface area contributed by atoms with Crippen LogP contribution < -0.4 is 14.2 Å². The standard InChI is InChI=1S/C39H40ClFN6O6S.CH4/c1-4-47-26(13-14-44-47)22-51-28-8-6-5-7-25(28)21-31(39(48)49)53-37-34-33(36(30-11-12-32(41)52-30)54-38(34)43-23-42-37)27-9-10-29(35(40)24(27)2)50-20-19-46-17-15-45(3)16-18-46;/h5-14,23,31H,4,15-22H2,1-3H3,(H,48,49);1H4/t31-;/m0./s1/i21D;/t21-,31+;/m1.. The number of carbonyl (C=O) groups is 1. The van der Waals surface area contributed by atoms with E-state index in [0.717, 1.165) is 38.4 Å². The number of aryl methyl sites for hydroxylation is 1. The zero-order valence-electron chi connectivity index (χ0n) is 31.0. The van der Waals surface area contributed by atoms with E-state index in [0.29, 0.717) is 67.0 Å². The number of fused-ring (bicyclic) bond motifs is 1. The van der Waals surface area contributed by atoms with E-state index < -0.39 is 24.5 Å². The molecule has 1 N–H and O–H groups in total. The van der Waals surface area contributed by atoms with Gasteiger partial charge >= 0.3 is 5.97 Å². The number of hydrogen-bond donors (Lipinski definition) is 1. The van der Waals surface area contributed by atoms with Crippen LogP contribution in [0.25, 0.3) is 32.0 Å². The van der Waals surface area contributed by atoms with Crippen LogP contribution in [0.5, 0.6) is 17.4 Å². The van der Waals surface area contributed by atoms with E-state index in [2.05, 4.69) is 31.9 Å². The van der Waals surface area contributed by atoms with Crippen molar-refractivity contribution in [1.82, 2.24) is 29.5 Å². The SMILES string of the molecule is C.[2H][C@H](c1ccccc1OCc1ccnn1CC)[C@H](Oc1ncnc2sc(-c3ccc(F)o3)c(-c3ccc(OCCN4CCN(C)CC4)c(Cl)c3C)c12)C(=O)O. The van der Waals surface area contributed by atoms with E-state index in [9.17, 15) is 14.3 Å². The summed E-state index contributed by atoms with van der Waals surface area (Å²) in [6, 6.07) is 14.2. The minimum atomic E-state index is -1.72. The summed E-state index contributed by atoms with van der Waals surface area (Å²) < 4.78 is 49.2. The van der Waals surface area contributed by atoms with Crippen molar-refractivity contribution in [3.63, 3.8) is 0 Å². The molecule has 290 valence electrons. The molecule has 55 heavy (non-hydrogen) atoms.